The van der Waals surface area contributed by atoms with Gasteiger partial charge < -0.3 is 20.5 Å². The number of amides is 1. The number of aliphatic hydroxyl groups is 1. The highest BCUT2D eigenvalue weighted by atomic mass is 32.2. The van der Waals surface area contributed by atoms with Crippen molar-refractivity contribution in [2.45, 2.75) is 26.5 Å². The van der Waals surface area contributed by atoms with Crippen molar-refractivity contribution in [3.8, 4) is 5.75 Å². The van der Waals surface area contributed by atoms with E-state index in [2.05, 4.69) is 0 Å². The molecule has 0 aliphatic rings. The van der Waals surface area contributed by atoms with Crippen molar-refractivity contribution < 1.29 is 32.4 Å². The van der Waals surface area contributed by atoms with E-state index in [-0.39, 0.29) is 35.0 Å². The number of ether oxygens (including phenoxy) is 1. The van der Waals surface area contributed by atoms with Crippen molar-refractivity contribution in [1.29, 1.82) is 5.41 Å². The molecule has 0 aliphatic carbocycles. The standard InChI is InChI=1S/C21H25N3O7S2/c1-3-18(25)24(10-11-33(28,29)30)20(26)13(2)12-16-8-9-17(32-16)21(27)31-15-6-4-14(5-7-15)19(22)23/h4-9,12,18,25H,3,10-11H2,1-2H3,(H3,22,23)(H,28,29,30)/b13-12+. The number of aliphatic hydroxyl groups excluding tert-OH is 1. The van der Waals surface area contributed by atoms with Gasteiger partial charge in [0.2, 0.25) is 0 Å². The number of nitrogens with one attached hydrogen (secondary N) is 1. The molecule has 0 aliphatic heterocycles. The quantitative estimate of drug-likeness (QED) is 0.0738. The van der Waals surface area contributed by atoms with Crippen molar-refractivity contribution in [3.05, 3.63) is 57.3 Å². The van der Waals surface area contributed by atoms with Gasteiger partial charge in [0, 0.05) is 22.6 Å². The molecule has 0 spiro atoms. The normalized spacial score (nSPS) is 12.8. The van der Waals surface area contributed by atoms with Crippen LogP contribution in [-0.4, -0.2) is 59.2 Å². The number of nitrogen functional groups attached to an aromatic ring is 1. The Morgan fingerprint density at radius 3 is 2.42 bits per heavy atom. The number of carbonyl (C=O) groups is 2. The molecule has 1 atom stereocenters. The molecule has 2 rings (SSSR count). The Hall–Kier alpha value is -3.06. The van der Waals surface area contributed by atoms with E-state index in [1.165, 1.54) is 31.2 Å². The maximum absolute atomic E-state index is 12.7. The van der Waals surface area contributed by atoms with E-state index >= 15 is 0 Å². The Morgan fingerprint density at radius 2 is 1.88 bits per heavy atom. The predicted octanol–water partition coefficient (Wildman–Crippen LogP) is 2.10. The first-order chi connectivity index (χ1) is 15.4. The summed E-state index contributed by atoms with van der Waals surface area (Å²) in [6.07, 6.45) is 0.465. The third-order valence-corrected chi connectivity index (χ3v) is 6.19. The molecule has 1 unspecified atom stereocenters. The fourth-order valence-corrected chi connectivity index (χ4v) is 4.04. The van der Waals surface area contributed by atoms with Gasteiger partial charge in [-0.15, -0.1) is 11.3 Å². The van der Waals surface area contributed by atoms with Crippen molar-refractivity contribution in [1.82, 2.24) is 4.90 Å². The fourth-order valence-electron chi connectivity index (χ4n) is 2.72. The van der Waals surface area contributed by atoms with Crippen LogP contribution in [0.4, 0.5) is 0 Å². The van der Waals surface area contributed by atoms with Crippen LogP contribution in [0.25, 0.3) is 6.08 Å². The number of thiophene rings is 1. The summed E-state index contributed by atoms with van der Waals surface area (Å²) in [6, 6.07) is 9.31. The topological polar surface area (TPSA) is 171 Å². The molecule has 1 heterocycles. The number of esters is 1. The van der Waals surface area contributed by atoms with E-state index in [0.29, 0.717) is 10.4 Å². The summed E-state index contributed by atoms with van der Waals surface area (Å²) in [4.78, 5) is 26.9. The number of nitrogens with two attached hydrogens (primary N) is 1. The van der Waals surface area contributed by atoms with Gasteiger partial charge in [-0.05, 0) is 55.8 Å². The SMILES string of the molecule is CCC(O)N(CCS(=O)(=O)O)C(=O)/C(C)=C/c1ccc(C(=O)Oc2ccc(C(=N)N)cc2)s1. The smallest absolute Gasteiger partial charge is 0.353 e. The van der Waals surface area contributed by atoms with Gasteiger partial charge in [0.1, 0.15) is 22.7 Å². The minimum atomic E-state index is -4.31. The molecule has 2 aromatic rings. The van der Waals surface area contributed by atoms with E-state index in [9.17, 15) is 23.1 Å². The first kappa shape index (κ1) is 26.2. The van der Waals surface area contributed by atoms with Crippen LogP contribution in [0.1, 0.15) is 40.4 Å². The van der Waals surface area contributed by atoms with Crippen molar-refractivity contribution in [3.63, 3.8) is 0 Å². The minimum Gasteiger partial charge on any atom is -0.422 e. The molecule has 1 amide bonds. The molecule has 1 aromatic carbocycles. The summed E-state index contributed by atoms with van der Waals surface area (Å²) in [7, 11) is -4.31. The van der Waals surface area contributed by atoms with Gasteiger partial charge in [0.15, 0.2) is 0 Å². The van der Waals surface area contributed by atoms with Gasteiger partial charge in [0.25, 0.3) is 16.0 Å². The Morgan fingerprint density at radius 1 is 1.24 bits per heavy atom. The fraction of sp³-hybridized carbons (Fsp3) is 0.286. The van der Waals surface area contributed by atoms with Gasteiger partial charge in [-0.1, -0.05) is 6.92 Å². The maximum atomic E-state index is 12.7. The highest BCUT2D eigenvalue weighted by Crippen LogP contribution is 2.23. The number of hydrogen-bond donors (Lipinski definition) is 4. The van der Waals surface area contributed by atoms with Gasteiger partial charge in [-0.25, -0.2) is 4.79 Å². The summed E-state index contributed by atoms with van der Waals surface area (Å²) in [5.41, 5.74) is 6.10. The molecule has 33 heavy (non-hydrogen) atoms. The van der Waals surface area contributed by atoms with Gasteiger partial charge in [0.05, 0.1) is 5.75 Å². The average Bonchev–Trinajstić information content (AvgIpc) is 3.21. The van der Waals surface area contributed by atoms with E-state index in [4.69, 9.17) is 20.4 Å². The second kappa shape index (κ2) is 11.2. The van der Waals surface area contributed by atoms with Crippen molar-refractivity contribution in [2.75, 3.05) is 12.3 Å². The molecule has 0 saturated heterocycles. The Balaban J connectivity index is 2.12. The number of rotatable bonds is 10. The van der Waals surface area contributed by atoms with E-state index < -0.39 is 34.0 Å². The number of carbonyl (C=O) groups excluding carboxylic acids is 2. The molecule has 0 radical (unpaired) electrons. The van der Waals surface area contributed by atoms with Gasteiger partial charge in [-0.2, -0.15) is 8.42 Å². The first-order valence-electron chi connectivity index (χ1n) is 9.80. The van der Waals surface area contributed by atoms with Crippen LogP contribution in [0.2, 0.25) is 0 Å². The van der Waals surface area contributed by atoms with E-state index in [0.717, 1.165) is 16.2 Å². The Labute approximate surface area is 195 Å². The first-order valence-corrected chi connectivity index (χ1v) is 12.2. The summed E-state index contributed by atoms with van der Waals surface area (Å²) in [5, 5.41) is 17.5. The average molecular weight is 496 g/mol. The molecule has 178 valence electrons. The molecule has 1 aromatic heterocycles. The number of benzene rings is 1. The van der Waals surface area contributed by atoms with E-state index in [1.807, 2.05) is 0 Å². The van der Waals surface area contributed by atoms with Crippen LogP contribution in [-0.2, 0) is 14.9 Å². The summed E-state index contributed by atoms with van der Waals surface area (Å²) in [5.74, 6) is -1.72. The molecule has 0 bridgehead atoms. The van der Waals surface area contributed by atoms with Crippen LogP contribution in [0.3, 0.4) is 0 Å². The summed E-state index contributed by atoms with van der Waals surface area (Å²) < 4.78 is 36.3. The number of nitrogens with zero attached hydrogens (tertiary/aromatic N) is 1. The number of amidine groups is 1. The zero-order chi connectivity index (χ0) is 24.8. The van der Waals surface area contributed by atoms with Crippen LogP contribution in [0.5, 0.6) is 5.75 Å². The molecule has 12 heteroatoms. The molecular formula is C21H25N3O7S2. The van der Waals surface area contributed by atoms with Crippen LogP contribution < -0.4 is 10.5 Å². The highest BCUT2D eigenvalue weighted by molar-refractivity contribution is 7.85. The third kappa shape index (κ3) is 7.79. The van der Waals surface area contributed by atoms with Crippen LogP contribution in [0.15, 0.2) is 42.0 Å². The van der Waals surface area contributed by atoms with Crippen molar-refractivity contribution in [2.24, 2.45) is 5.73 Å². The molecule has 0 fully saturated rings. The molecule has 0 saturated carbocycles. The lowest BCUT2D eigenvalue weighted by molar-refractivity contribution is -0.136. The monoisotopic (exact) mass is 495 g/mol. The lowest BCUT2D eigenvalue weighted by Crippen LogP contribution is -2.43. The molecule has 10 nitrogen and oxygen atoms in total. The zero-order valence-corrected chi connectivity index (χ0v) is 19.6. The lowest BCUT2D eigenvalue weighted by atomic mass is 10.2. The molecular weight excluding hydrogens is 470 g/mol. The predicted molar refractivity (Wildman–Crippen MR) is 125 cm³/mol. The maximum Gasteiger partial charge on any atom is 0.353 e. The van der Waals surface area contributed by atoms with Crippen LogP contribution in [0, 0.1) is 5.41 Å². The van der Waals surface area contributed by atoms with Crippen LogP contribution >= 0.6 is 11.3 Å². The highest BCUT2D eigenvalue weighted by Gasteiger charge is 2.23. The van der Waals surface area contributed by atoms with E-state index in [1.54, 1.807) is 25.1 Å². The Bertz CT molecular complexity index is 1150. The summed E-state index contributed by atoms with van der Waals surface area (Å²) >= 11 is 1.08. The Kier molecular flexibility index (Phi) is 8.88. The van der Waals surface area contributed by atoms with Gasteiger partial charge in [-0.3, -0.25) is 14.8 Å². The third-order valence-electron chi connectivity index (χ3n) is 4.48. The second-order valence-electron chi connectivity index (χ2n) is 7.03. The number of hydrogen-bond acceptors (Lipinski definition) is 8. The minimum absolute atomic E-state index is 0.101. The van der Waals surface area contributed by atoms with Crippen molar-refractivity contribution >= 4 is 45.2 Å². The largest absolute Gasteiger partial charge is 0.422 e. The zero-order valence-electron chi connectivity index (χ0n) is 18.0. The lowest BCUT2D eigenvalue weighted by Gasteiger charge is -2.27. The molecule has 5 N–H and O–H groups in total. The summed E-state index contributed by atoms with van der Waals surface area (Å²) in [6.45, 7) is 2.75. The second-order valence-corrected chi connectivity index (χ2v) is 9.72. The van der Waals surface area contributed by atoms with Gasteiger partial charge >= 0.3 is 5.97 Å².